The van der Waals surface area contributed by atoms with Crippen LogP contribution in [-0.2, 0) is 4.79 Å². The SMILES string of the molecule is C#CCNC(=O)[C@H](C)Nc1ccc(OC)c(NC(=O)c2cccc(F)c2)c1. The smallest absolute Gasteiger partial charge is 0.255 e. The highest BCUT2D eigenvalue weighted by Gasteiger charge is 2.15. The molecular formula is C20H20FN3O3. The van der Waals surface area contributed by atoms with E-state index in [1.165, 1.54) is 25.3 Å². The minimum Gasteiger partial charge on any atom is -0.495 e. The van der Waals surface area contributed by atoms with Crippen molar-refractivity contribution in [3.8, 4) is 18.1 Å². The number of terminal acetylenes is 1. The van der Waals surface area contributed by atoms with Crippen LogP contribution >= 0.6 is 0 Å². The minimum absolute atomic E-state index is 0.141. The number of anilines is 2. The van der Waals surface area contributed by atoms with Crippen LogP contribution in [0.3, 0.4) is 0 Å². The number of hydrogen-bond acceptors (Lipinski definition) is 4. The normalized spacial score (nSPS) is 11.0. The quantitative estimate of drug-likeness (QED) is 0.656. The number of rotatable bonds is 7. The third kappa shape index (κ3) is 5.47. The molecule has 0 heterocycles. The van der Waals surface area contributed by atoms with Crippen molar-refractivity contribution in [1.29, 1.82) is 0 Å². The molecule has 3 N–H and O–H groups in total. The molecule has 27 heavy (non-hydrogen) atoms. The molecule has 0 bridgehead atoms. The van der Waals surface area contributed by atoms with Gasteiger partial charge in [0.2, 0.25) is 5.91 Å². The molecule has 2 amide bonds. The summed E-state index contributed by atoms with van der Waals surface area (Å²) in [4.78, 5) is 24.3. The zero-order valence-electron chi connectivity index (χ0n) is 15.0. The fourth-order valence-electron chi connectivity index (χ4n) is 2.33. The Morgan fingerprint density at radius 3 is 2.70 bits per heavy atom. The summed E-state index contributed by atoms with van der Waals surface area (Å²) in [6.45, 7) is 1.82. The number of ether oxygens (including phenoxy) is 1. The van der Waals surface area contributed by atoms with E-state index >= 15 is 0 Å². The van der Waals surface area contributed by atoms with Gasteiger partial charge in [-0.2, -0.15) is 0 Å². The van der Waals surface area contributed by atoms with Gasteiger partial charge in [-0.05, 0) is 43.3 Å². The minimum atomic E-state index is -0.543. The third-order valence-electron chi connectivity index (χ3n) is 3.68. The standard InChI is InChI=1S/C20H20FN3O3/c1-4-10-22-19(25)13(2)23-16-8-9-18(27-3)17(12-16)24-20(26)14-6-5-7-15(21)11-14/h1,5-9,11-13,23H,10H2,2-3H3,(H,22,25)(H,24,26)/t13-/m0/s1. The summed E-state index contributed by atoms with van der Waals surface area (Å²) in [7, 11) is 1.47. The van der Waals surface area contributed by atoms with Crippen LogP contribution in [0.2, 0.25) is 0 Å². The fourth-order valence-corrected chi connectivity index (χ4v) is 2.33. The lowest BCUT2D eigenvalue weighted by Crippen LogP contribution is -2.37. The molecule has 0 saturated carbocycles. The molecule has 1 atom stereocenters. The Balaban J connectivity index is 2.16. The Hall–Kier alpha value is -3.53. The maximum atomic E-state index is 13.3. The molecule has 0 spiro atoms. The zero-order chi connectivity index (χ0) is 19.8. The number of halogens is 1. The van der Waals surface area contributed by atoms with Crippen molar-refractivity contribution in [2.45, 2.75) is 13.0 Å². The zero-order valence-corrected chi connectivity index (χ0v) is 15.0. The van der Waals surface area contributed by atoms with E-state index in [2.05, 4.69) is 21.9 Å². The predicted octanol–water partition coefficient (Wildman–Crippen LogP) is 2.64. The van der Waals surface area contributed by atoms with Crippen LogP contribution in [0.25, 0.3) is 0 Å². The van der Waals surface area contributed by atoms with E-state index in [1.54, 1.807) is 25.1 Å². The Labute approximate surface area is 157 Å². The molecule has 0 radical (unpaired) electrons. The van der Waals surface area contributed by atoms with Gasteiger partial charge in [0.25, 0.3) is 5.91 Å². The lowest BCUT2D eigenvalue weighted by molar-refractivity contribution is -0.121. The molecule has 0 aliphatic carbocycles. The lowest BCUT2D eigenvalue weighted by Gasteiger charge is -2.17. The number of carbonyl (C=O) groups excluding carboxylic acids is 2. The average molecular weight is 369 g/mol. The van der Waals surface area contributed by atoms with E-state index in [1.807, 2.05) is 0 Å². The Bertz CT molecular complexity index is 877. The number of benzene rings is 2. The molecule has 6 nitrogen and oxygen atoms in total. The molecule has 2 aromatic rings. The third-order valence-corrected chi connectivity index (χ3v) is 3.68. The first-order valence-corrected chi connectivity index (χ1v) is 8.17. The maximum absolute atomic E-state index is 13.3. The second kappa shape index (κ2) is 9.25. The van der Waals surface area contributed by atoms with E-state index in [0.29, 0.717) is 17.1 Å². The van der Waals surface area contributed by atoms with Crippen molar-refractivity contribution >= 4 is 23.2 Å². The second-order valence-electron chi connectivity index (χ2n) is 5.67. The first-order valence-electron chi connectivity index (χ1n) is 8.17. The van der Waals surface area contributed by atoms with Crippen LogP contribution in [0.4, 0.5) is 15.8 Å². The van der Waals surface area contributed by atoms with Crippen LogP contribution in [0.15, 0.2) is 42.5 Å². The molecule has 2 rings (SSSR count). The Kier molecular flexibility index (Phi) is 6.78. The van der Waals surface area contributed by atoms with E-state index in [4.69, 9.17) is 11.2 Å². The summed E-state index contributed by atoms with van der Waals surface area (Å²) in [5, 5.41) is 8.28. The Morgan fingerprint density at radius 2 is 2.04 bits per heavy atom. The van der Waals surface area contributed by atoms with Crippen LogP contribution in [0, 0.1) is 18.2 Å². The number of hydrogen-bond donors (Lipinski definition) is 3. The van der Waals surface area contributed by atoms with Gasteiger partial charge in [0.15, 0.2) is 0 Å². The molecule has 7 heteroatoms. The van der Waals surface area contributed by atoms with Crippen LogP contribution < -0.4 is 20.7 Å². The van der Waals surface area contributed by atoms with Gasteiger partial charge in [0.05, 0.1) is 19.3 Å². The van der Waals surface area contributed by atoms with Gasteiger partial charge >= 0.3 is 0 Å². The van der Waals surface area contributed by atoms with Gasteiger partial charge < -0.3 is 20.7 Å². The topological polar surface area (TPSA) is 79.5 Å². The molecule has 0 saturated heterocycles. The van der Waals surface area contributed by atoms with Crippen molar-refractivity contribution in [3.63, 3.8) is 0 Å². The molecule has 0 fully saturated rings. The van der Waals surface area contributed by atoms with Crippen molar-refractivity contribution in [3.05, 3.63) is 53.8 Å². The van der Waals surface area contributed by atoms with Gasteiger partial charge in [-0.15, -0.1) is 6.42 Å². The van der Waals surface area contributed by atoms with Crippen molar-refractivity contribution in [2.75, 3.05) is 24.3 Å². The molecule has 0 aromatic heterocycles. The van der Waals surface area contributed by atoms with Crippen molar-refractivity contribution < 1.29 is 18.7 Å². The summed E-state index contributed by atoms with van der Waals surface area (Å²) >= 11 is 0. The number of methoxy groups -OCH3 is 1. The van der Waals surface area contributed by atoms with Gasteiger partial charge in [-0.1, -0.05) is 12.0 Å². The van der Waals surface area contributed by atoms with Crippen molar-refractivity contribution in [1.82, 2.24) is 5.32 Å². The first kappa shape index (κ1) is 19.8. The van der Waals surface area contributed by atoms with E-state index in [0.717, 1.165) is 6.07 Å². The van der Waals surface area contributed by atoms with E-state index in [9.17, 15) is 14.0 Å². The number of carbonyl (C=O) groups is 2. The molecular weight excluding hydrogens is 349 g/mol. The summed E-state index contributed by atoms with van der Waals surface area (Å²) in [5.74, 6) is 1.52. The molecule has 0 unspecified atom stereocenters. The average Bonchev–Trinajstić information content (AvgIpc) is 2.66. The summed E-state index contributed by atoms with van der Waals surface area (Å²) in [5.41, 5.74) is 1.15. The largest absolute Gasteiger partial charge is 0.495 e. The highest BCUT2D eigenvalue weighted by atomic mass is 19.1. The van der Waals surface area contributed by atoms with Gasteiger partial charge in [-0.3, -0.25) is 9.59 Å². The fraction of sp³-hybridized carbons (Fsp3) is 0.200. The van der Waals surface area contributed by atoms with Crippen LogP contribution in [0.5, 0.6) is 5.75 Å². The van der Waals surface area contributed by atoms with Crippen LogP contribution in [-0.4, -0.2) is 31.5 Å². The van der Waals surface area contributed by atoms with Crippen molar-refractivity contribution in [2.24, 2.45) is 0 Å². The summed E-state index contributed by atoms with van der Waals surface area (Å²) in [6.07, 6.45) is 5.12. The van der Waals surface area contributed by atoms with Gasteiger partial charge in [0.1, 0.15) is 17.6 Å². The molecule has 0 aliphatic heterocycles. The van der Waals surface area contributed by atoms with Gasteiger partial charge in [-0.25, -0.2) is 4.39 Å². The Morgan fingerprint density at radius 1 is 1.26 bits per heavy atom. The van der Waals surface area contributed by atoms with Gasteiger partial charge in [0, 0.05) is 11.3 Å². The highest BCUT2D eigenvalue weighted by molar-refractivity contribution is 6.05. The second-order valence-corrected chi connectivity index (χ2v) is 5.67. The predicted molar refractivity (Wildman–Crippen MR) is 102 cm³/mol. The number of nitrogens with one attached hydrogen (secondary N) is 3. The van der Waals surface area contributed by atoms with Crippen LogP contribution in [0.1, 0.15) is 17.3 Å². The number of amides is 2. The molecule has 2 aromatic carbocycles. The summed E-state index contributed by atoms with van der Waals surface area (Å²) in [6, 6.07) is 9.80. The lowest BCUT2D eigenvalue weighted by atomic mass is 10.2. The maximum Gasteiger partial charge on any atom is 0.255 e. The first-order chi connectivity index (χ1) is 12.9. The monoisotopic (exact) mass is 369 g/mol. The highest BCUT2D eigenvalue weighted by Crippen LogP contribution is 2.28. The van der Waals surface area contributed by atoms with E-state index in [-0.39, 0.29) is 18.0 Å². The molecule has 0 aliphatic rings. The molecule has 140 valence electrons. The summed E-state index contributed by atoms with van der Waals surface area (Å²) < 4.78 is 18.6. The van der Waals surface area contributed by atoms with E-state index < -0.39 is 17.8 Å².